The number of nitrogens with two attached hydrogens (primary N) is 1. The van der Waals surface area contributed by atoms with Crippen LogP contribution in [0, 0.1) is 0 Å². The van der Waals surface area contributed by atoms with Crippen LogP contribution < -0.4 is 5.73 Å². The number of hydrogen-bond donors (Lipinski definition) is 1. The molecule has 94 valence electrons. The van der Waals surface area contributed by atoms with Crippen molar-refractivity contribution in [3.8, 4) is 0 Å². The fourth-order valence-electron chi connectivity index (χ4n) is 1.81. The predicted molar refractivity (Wildman–Crippen MR) is 61.1 cm³/mol. The molecule has 1 unspecified atom stereocenters. The molecule has 0 bridgehead atoms. The molecule has 6 nitrogen and oxygen atoms in total. The van der Waals surface area contributed by atoms with Crippen molar-refractivity contribution in [1.29, 1.82) is 0 Å². The van der Waals surface area contributed by atoms with Crippen LogP contribution in [0.4, 0.5) is 10.6 Å². The fourth-order valence-corrected chi connectivity index (χ4v) is 1.81. The second-order valence-corrected chi connectivity index (χ2v) is 5.19. The number of fused-ring (bicyclic) bond motifs is 1. The number of carbonyl (C=O) groups is 1. The van der Waals surface area contributed by atoms with Gasteiger partial charge in [0.05, 0.1) is 18.2 Å². The van der Waals surface area contributed by atoms with Crippen molar-refractivity contribution in [3.63, 3.8) is 0 Å². The number of aromatic nitrogens is 1. The van der Waals surface area contributed by atoms with Gasteiger partial charge in [-0.05, 0) is 27.7 Å². The van der Waals surface area contributed by atoms with Gasteiger partial charge in [0.2, 0.25) is 0 Å². The number of anilines is 1. The van der Waals surface area contributed by atoms with Crippen LogP contribution in [0.2, 0.25) is 0 Å². The molecule has 0 spiro atoms. The lowest BCUT2D eigenvalue weighted by Gasteiger charge is -2.26. The SMILES string of the molecule is CC1c2onc(N)c2CN1C(=O)OC(C)(C)C. The van der Waals surface area contributed by atoms with Gasteiger partial charge in [-0.15, -0.1) is 0 Å². The number of carbonyl (C=O) groups excluding carboxylic acids is 1. The Morgan fingerprint density at radius 1 is 1.59 bits per heavy atom. The summed E-state index contributed by atoms with van der Waals surface area (Å²) in [6.07, 6.45) is -0.365. The minimum atomic E-state index is -0.510. The molecule has 1 amide bonds. The van der Waals surface area contributed by atoms with E-state index in [1.165, 1.54) is 0 Å². The average Bonchev–Trinajstić information content (AvgIpc) is 2.67. The maximum atomic E-state index is 11.9. The summed E-state index contributed by atoms with van der Waals surface area (Å²) in [6.45, 7) is 7.75. The van der Waals surface area contributed by atoms with E-state index in [9.17, 15) is 4.79 Å². The fraction of sp³-hybridized carbons (Fsp3) is 0.636. The summed E-state index contributed by atoms with van der Waals surface area (Å²) in [5, 5.41) is 3.68. The van der Waals surface area contributed by atoms with Gasteiger partial charge in [0.1, 0.15) is 5.60 Å². The first kappa shape index (κ1) is 11.8. The van der Waals surface area contributed by atoms with Gasteiger partial charge in [-0.1, -0.05) is 5.16 Å². The molecule has 0 aromatic carbocycles. The van der Waals surface area contributed by atoms with Gasteiger partial charge in [0, 0.05) is 0 Å². The zero-order valence-corrected chi connectivity index (χ0v) is 10.5. The maximum absolute atomic E-state index is 11.9. The highest BCUT2D eigenvalue weighted by atomic mass is 16.6. The molecule has 17 heavy (non-hydrogen) atoms. The van der Waals surface area contributed by atoms with Crippen LogP contribution in [0.15, 0.2) is 4.52 Å². The first-order valence-corrected chi connectivity index (χ1v) is 5.53. The number of amides is 1. The molecule has 1 aliphatic heterocycles. The van der Waals surface area contributed by atoms with E-state index in [0.717, 1.165) is 5.56 Å². The van der Waals surface area contributed by atoms with E-state index < -0.39 is 5.60 Å². The maximum Gasteiger partial charge on any atom is 0.411 e. The Bertz CT molecular complexity index is 447. The Morgan fingerprint density at radius 3 is 2.76 bits per heavy atom. The highest BCUT2D eigenvalue weighted by Gasteiger charge is 2.38. The zero-order valence-electron chi connectivity index (χ0n) is 10.5. The topological polar surface area (TPSA) is 81.6 Å². The standard InChI is InChI=1S/C11H17N3O3/c1-6-8-7(9(12)13-17-8)5-14(6)10(15)16-11(2,3)4/h6H,5H2,1-4H3,(H2,12,13). The highest BCUT2D eigenvalue weighted by Crippen LogP contribution is 2.37. The summed E-state index contributed by atoms with van der Waals surface area (Å²) in [5.74, 6) is 0.992. The lowest BCUT2D eigenvalue weighted by atomic mass is 10.2. The average molecular weight is 239 g/mol. The van der Waals surface area contributed by atoms with Crippen molar-refractivity contribution in [2.24, 2.45) is 0 Å². The molecule has 1 atom stereocenters. The van der Waals surface area contributed by atoms with E-state index >= 15 is 0 Å². The highest BCUT2D eigenvalue weighted by molar-refractivity contribution is 5.70. The van der Waals surface area contributed by atoms with Crippen LogP contribution >= 0.6 is 0 Å². The lowest BCUT2D eigenvalue weighted by Crippen LogP contribution is -2.35. The normalized spacial score (nSPS) is 19.3. The Morgan fingerprint density at radius 2 is 2.24 bits per heavy atom. The molecule has 1 aromatic heterocycles. The minimum Gasteiger partial charge on any atom is -0.444 e. The van der Waals surface area contributed by atoms with Gasteiger partial charge >= 0.3 is 6.09 Å². The number of rotatable bonds is 0. The molecule has 0 saturated heterocycles. The Hall–Kier alpha value is -1.72. The predicted octanol–water partition coefficient (Wildman–Crippen LogP) is 2.07. The smallest absolute Gasteiger partial charge is 0.411 e. The summed E-state index contributed by atoms with van der Waals surface area (Å²) in [7, 11) is 0. The van der Waals surface area contributed by atoms with Crippen LogP contribution in [0.5, 0.6) is 0 Å². The van der Waals surface area contributed by atoms with Crippen molar-refractivity contribution in [1.82, 2.24) is 10.1 Å². The lowest BCUT2D eigenvalue weighted by molar-refractivity contribution is 0.0170. The van der Waals surface area contributed by atoms with Gasteiger partial charge in [-0.2, -0.15) is 0 Å². The Kier molecular flexibility index (Phi) is 2.52. The summed E-state index contributed by atoms with van der Waals surface area (Å²) in [6, 6.07) is -0.190. The molecule has 1 aromatic rings. The molecular weight excluding hydrogens is 222 g/mol. The summed E-state index contributed by atoms with van der Waals surface area (Å²) >= 11 is 0. The van der Waals surface area contributed by atoms with Gasteiger partial charge in [0.25, 0.3) is 0 Å². The molecule has 0 radical (unpaired) electrons. The third kappa shape index (κ3) is 2.07. The largest absolute Gasteiger partial charge is 0.444 e. The number of hydrogen-bond acceptors (Lipinski definition) is 5. The van der Waals surface area contributed by atoms with Crippen molar-refractivity contribution >= 4 is 11.9 Å². The van der Waals surface area contributed by atoms with Crippen molar-refractivity contribution in [3.05, 3.63) is 11.3 Å². The summed E-state index contributed by atoms with van der Waals surface area (Å²) in [5.41, 5.74) is 5.93. The molecule has 0 fully saturated rings. The van der Waals surface area contributed by atoms with Crippen molar-refractivity contribution in [2.75, 3.05) is 5.73 Å². The first-order chi connectivity index (χ1) is 7.79. The van der Waals surface area contributed by atoms with E-state index in [4.69, 9.17) is 15.0 Å². The van der Waals surface area contributed by atoms with Gasteiger partial charge in [-0.25, -0.2) is 4.79 Å². The summed E-state index contributed by atoms with van der Waals surface area (Å²) in [4.78, 5) is 13.5. The van der Waals surface area contributed by atoms with Gasteiger partial charge in [-0.3, -0.25) is 4.90 Å². The monoisotopic (exact) mass is 239 g/mol. The van der Waals surface area contributed by atoms with E-state index in [-0.39, 0.29) is 12.1 Å². The second kappa shape index (κ2) is 3.65. The minimum absolute atomic E-state index is 0.190. The van der Waals surface area contributed by atoms with Crippen LogP contribution in [-0.4, -0.2) is 21.8 Å². The molecule has 2 N–H and O–H groups in total. The van der Waals surface area contributed by atoms with Gasteiger partial charge in [0.15, 0.2) is 11.6 Å². The molecule has 6 heteroatoms. The third-order valence-electron chi connectivity index (χ3n) is 2.65. The van der Waals surface area contributed by atoms with Crippen LogP contribution in [0.3, 0.4) is 0 Å². The number of ether oxygens (including phenoxy) is 1. The molecule has 0 saturated carbocycles. The van der Waals surface area contributed by atoms with Crippen LogP contribution in [-0.2, 0) is 11.3 Å². The zero-order chi connectivity index (χ0) is 12.8. The third-order valence-corrected chi connectivity index (χ3v) is 2.65. The van der Waals surface area contributed by atoms with E-state index in [2.05, 4.69) is 5.16 Å². The number of nitrogens with zero attached hydrogens (tertiary/aromatic N) is 2. The molecule has 2 rings (SSSR count). The van der Waals surface area contributed by atoms with Crippen molar-refractivity contribution < 1.29 is 14.1 Å². The van der Waals surface area contributed by atoms with Crippen LogP contribution in [0.25, 0.3) is 0 Å². The van der Waals surface area contributed by atoms with E-state index in [1.807, 2.05) is 27.7 Å². The summed E-state index contributed by atoms with van der Waals surface area (Å²) < 4.78 is 10.4. The molecule has 2 heterocycles. The Balaban J connectivity index is 2.15. The van der Waals surface area contributed by atoms with E-state index in [1.54, 1.807) is 4.90 Å². The number of nitrogen functional groups attached to an aromatic ring is 1. The quantitative estimate of drug-likeness (QED) is 0.749. The van der Waals surface area contributed by atoms with Crippen LogP contribution in [0.1, 0.15) is 45.1 Å². The van der Waals surface area contributed by atoms with E-state index in [0.29, 0.717) is 18.1 Å². The molecule has 1 aliphatic rings. The first-order valence-electron chi connectivity index (χ1n) is 5.53. The van der Waals surface area contributed by atoms with Gasteiger partial charge < -0.3 is 15.0 Å². The molecule has 0 aliphatic carbocycles. The molecular formula is C11H17N3O3. The van der Waals surface area contributed by atoms with Crippen molar-refractivity contribution in [2.45, 2.75) is 45.9 Å². The second-order valence-electron chi connectivity index (χ2n) is 5.19. The Labute approximate surface area is 99.7 Å².